The SMILES string of the molecule is OC1COc2cc(OCc3cncc(F)c3)ccc21. The summed E-state index contributed by atoms with van der Waals surface area (Å²) in [6.07, 6.45) is 2.13. The van der Waals surface area contributed by atoms with Gasteiger partial charge in [0, 0.05) is 23.4 Å². The van der Waals surface area contributed by atoms with Crippen molar-refractivity contribution in [1.82, 2.24) is 4.98 Å². The number of ether oxygens (including phenoxy) is 2. The topological polar surface area (TPSA) is 51.6 Å². The lowest BCUT2D eigenvalue weighted by molar-refractivity contribution is 0.140. The molecule has 0 radical (unpaired) electrons. The van der Waals surface area contributed by atoms with E-state index in [9.17, 15) is 9.50 Å². The molecule has 4 nitrogen and oxygen atoms in total. The third kappa shape index (κ3) is 2.51. The zero-order chi connectivity index (χ0) is 13.2. The summed E-state index contributed by atoms with van der Waals surface area (Å²) in [5.41, 5.74) is 1.42. The van der Waals surface area contributed by atoms with E-state index in [2.05, 4.69) is 4.98 Å². The standard InChI is InChI=1S/C14H12FNO3/c15-10-3-9(5-16-6-10)7-18-11-1-2-12-13(17)8-19-14(12)4-11/h1-6,13,17H,7-8H2. The molecule has 1 N–H and O–H groups in total. The van der Waals surface area contributed by atoms with Gasteiger partial charge in [-0.2, -0.15) is 0 Å². The van der Waals surface area contributed by atoms with Crippen LogP contribution in [0.2, 0.25) is 0 Å². The molecule has 0 bridgehead atoms. The average molecular weight is 261 g/mol. The van der Waals surface area contributed by atoms with E-state index < -0.39 is 6.10 Å². The molecule has 2 aromatic rings. The lowest BCUT2D eigenvalue weighted by atomic mass is 10.1. The van der Waals surface area contributed by atoms with Crippen molar-refractivity contribution in [2.75, 3.05) is 6.61 Å². The molecule has 1 atom stereocenters. The summed E-state index contributed by atoms with van der Waals surface area (Å²) in [7, 11) is 0. The van der Waals surface area contributed by atoms with Crippen LogP contribution in [0.1, 0.15) is 17.2 Å². The largest absolute Gasteiger partial charge is 0.490 e. The molecule has 2 heterocycles. The highest BCUT2D eigenvalue weighted by Gasteiger charge is 2.21. The van der Waals surface area contributed by atoms with E-state index >= 15 is 0 Å². The van der Waals surface area contributed by atoms with Gasteiger partial charge in [-0.05, 0) is 18.2 Å². The summed E-state index contributed by atoms with van der Waals surface area (Å²) in [5, 5.41) is 9.59. The number of halogens is 1. The number of fused-ring (bicyclic) bond motifs is 1. The van der Waals surface area contributed by atoms with Crippen LogP contribution in [0.25, 0.3) is 0 Å². The van der Waals surface area contributed by atoms with Crippen molar-refractivity contribution in [3.8, 4) is 11.5 Å². The van der Waals surface area contributed by atoms with Gasteiger partial charge in [0.15, 0.2) is 0 Å². The van der Waals surface area contributed by atoms with E-state index in [4.69, 9.17) is 9.47 Å². The first-order chi connectivity index (χ1) is 9.22. The van der Waals surface area contributed by atoms with Gasteiger partial charge >= 0.3 is 0 Å². The van der Waals surface area contributed by atoms with Crippen LogP contribution < -0.4 is 9.47 Å². The zero-order valence-electron chi connectivity index (χ0n) is 10.0. The average Bonchev–Trinajstić information content (AvgIpc) is 2.78. The Bertz CT molecular complexity index is 603. The summed E-state index contributed by atoms with van der Waals surface area (Å²) < 4.78 is 23.8. The Hall–Kier alpha value is -2.14. The Morgan fingerprint density at radius 1 is 1.37 bits per heavy atom. The van der Waals surface area contributed by atoms with E-state index in [1.54, 1.807) is 24.4 Å². The van der Waals surface area contributed by atoms with Crippen LogP contribution >= 0.6 is 0 Å². The van der Waals surface area contributed by atoms with Crippen LogP contribution in [-0.2, 0) is 6.61 Å². The molecule has 1 unspecified atom stereocenters. The molecule has 0 aliphatic carbocycles. The van der Waals surface area contributed by atoms with Gasteiger partial charge in [0.25, 0.3) is 0 Å². The molecule has 1 aliphatic heterocycles. The summed E-state index contributed by atoms with van der Waals surface area (Å²) in [6.45, 7) is 0.499. The summed E-state index contributed by atoms with van der Waals surface area (Å²) >= 11 is 0. The van der Waals surface area contributed by atoms with Gasteiger partial charge in [-0.1, -0.05) is 0 Å². The molecule has 98 valence electrons. The third-order valence-electron chi connectivity index (χ3n) is 2.91. The van der Waals surface area contributed by atoms with Crippen LogP contribution in [0.3, 0.4) is 0 Å². The second-order valence-electron chi connectivity index (χ2n) is 4.33. The van der Waals surface area contributed by atoms with Gasteiger partial charge in [-0.15, -0.1) is 0 Å². The van der Waals surface area contributed by atoms with E-state index in [1.807, 2.05) is 0 Å². The number of aliphatic hydroxyl groups excluding tert-OH is 1. The molecule has 1 aromatic heterocycles. The first-order valence-corrected chi connectivity index (χ1v) is 5.89. The maximum atomic E-state index is 13.0. The van der Waals surface area contributed by atoms with E-state index in [-0.39, 0.29) is 19.0 Å². The van der Waals surface area contributed by atoms with Crippen molar-refractivity contribution in [2.24, 2.45) is 0 Å². The van der Waals surface area contributed by atoms with Crippen molar-refractivity contribution in [3.05, 3.63) is 53.6 Å². The number of hydrogen-bond donors (Lipinski definition) is 1. The number of aromatic nitrogens is 1. The predicted octanol–water partition coefficient (Wildman–Crippen LogP) is 2.23. The minimum Gasteiger partial charge on any atom is -0.490 e. The normalized spacial score (nSPS) is 16.8. The smallest absolute Gasteiger partial charge is 0.141 e. The van der Waals surface area contributed by atoms with Gasteiger partial charge < -0.3 is 14.6 Å². The van der Waals surface area contributed by atoms with Crippen molar-refractivity contribution in [3.63, 3.8) is 0 Å². The summed E-state index contributed by atoms with van der Waals surface area (Å²) in [5.74, 6) is 0.848. The predicted molar refractivity (Wildman–Crippen MR) is 65.4 cm³/mol. The van der Waals surface area contributed by atoms with Crippen LogP contribution in [0.4, 0.5) is 4.39 Å². The van der Waals surface area contributed by atoms with Crippen molar-refractivity contribution in [1.29, 1.82) is 0 Å². The first kappa shape index (κ1) is 11.9. The monoisotopic (exact) mass is 261 g/mol. The van der Waals surface area contributed by atoms with Crippen molar-refractivity contribution >= 4 is 0 Å². The van der Waals surface area contributed by atoms with Crippen molar-refractivity contribution < 1.29 is 19.0 Å². The zero-order valence-corrected chi connectivity index (χ0v) is 10.0. The Morgan fingerprint density at radius 2 is 2.26 bits per heavy atom. The molecule has 0 saturated heterocycles. The molecule has 5 heteroatoms. The fourth-order valence-corrected chi connectivity index (χ4v) is 1.96. The number of rotatable bonds is 3. The Labute approximate surface area is 109 Å². The molecule has 3 rings (SSSR count). The van der Waals surface area contributed by atoms with Gasteiger partial charge in [0.05, 0.1) is 6.20 Å². The van der Waals surface area contributed by atoms with Gasteiger partial charge in [0.2, 0.25) is 0 Å². The van der Waals surface area contributed by atoms with Crippen LogP contribution in [0.5, 0.6) is 11.5 Å². The molecule has 0 spiro atoms. The van der Waals surface area contributed by atoms with E-state index in [0.29, 0.717) is 17.1 Å². The van der Waals surface area contributed by atoms with Crippen LogP contribution in [-0.4, -0.2) is 16.7 Å². The lowest BCUT2D eigenvalue weighted by Gasteiger charge is -2.07. The minimum atomic E-state index is -0.573. The third-order valence-corrected chi connectivity index (χ3v) is 2.91. The summed E-state index contributed by atoms with van der Waals surface area (Å²) in [6, 6.07) is 6.62. The summed E-state index contributed by atoms with van der Waals surface area (Å²) in [4.78, 5) is 3.75. The Kier molecular flexibility index (Phi) is 3.05. The molecule has 1 aromatic carbocycles. The number of nitrogens with zero attached hydrogens (tertiary/aromatic N) is 1. The molecular formula is C14H12FNO3. The fourth-order valence-electron chi connectivity index (χ4n) is 1.96. The second-order valence-corrected chi connectivity index (χ2v) is 4.33. The quantitative estimate of drug-likeness (QED) is 0.920. The molecule has 1 aliphatic rings. The molecule has 19 heavy (non-hydrogen) atoms. The second kappa shape index (κ2) is 4.85. The number of pyridine rings is 1. The fraction of sp³-hybridized carbons (Fsp3) is 0.214. The van der Waals surface area contributed by atoms with Crippen molar-refractivity contribution in [2.45, 2.75) is 12.7 Å². The highest BCUT2D eigenvalue weighted by atomic mass is 19.1. The molecular weight excluding hydrogens is 249 g/mol. The number of benzene rings is 1. The number of hydrogen-bond acceptors (Lipinski definition) is 4. The van der Waals surface area contributed by atoms with Crippen LogP contribution in [0.15, 0.2) is 36.7 Å². The lowest BCUT2D eigenvalue weighted by Crippen LogP contribution is -1.97. The highest BCUT2D eigenvalue weighted by Crippen LogP contribution is 2.35. The highest BCUT2D eigenvalue weighted by molar-refractivity contribution is 5.44. The van der Waals surface area contributed by atoms with E-state index in [0.717, 1.165) is 11.8 Å². The first-order valence-electron chi connectivity index (χ1n) is 5.89. The number of aliphatic hydroxyl groups is 1. The van der Waals surface area contributed by atoms with Gasteiger partial charge in [-0.3, -0.25) is 4.98 Å². The Morgan fingerprint density at radius 3 is 3.11 bits per heavy atom. The maximum absolute atomic E-state index is 13.0. The van der Waals surface area contributed by atoms with Gasteiger partial charge in [0.1, 0.15) is 36.6 Å². The Balaban J connectivity index is 1.71. The minimum absolute atomic E-state index is 0.228. The van der Waals surface area contributed by atoms with Crippen LogP contribution in [0, 0.1) is 5.82 Å². The molecule has 0 amide bonds. The van der Waals surface area contributed by atoms with Gasteiger partial charge in [-0.25, -0.2) is 4.39 Å². The van der Waals surface area contributed by atoms with E-state index in [1.165, 1.54) is 6.07 Å². The maximum Gasteiger partial charge on any atom is 0.141 e. The molecule has 0 fully saturated rings. The molecule has 0 saturated carbocycles.